The van der Waals surface area contributed by atoms with Crippen molar-refractivity contribution in [2.45, 2.75) is 13.0 Å². The molecule has 0 saturated heterocycles. The van der Waals surface area contributed by atoms with Crippen LogP contribution >= 0.6 is 0 Å². The zero-order valence-electron chi connectivity index (χ0n) is 5.38. The third kappa shape index (κ3) is 1.76. The smallest absolute Gasteiger partial charge is 0.0647 e. The minimum absolute atomic E-state index is 0.997. The van der Waals surface area contributed by atoms with Crippen LogP contribution in [0.3, 0.4) is 0 Å². The Bertz CT molecular complexity index is 163. The Morgan fingerprint density at radius 1 is 1.67 bits per heavy atom. The Hall–Kier alpha value is -0.980. The molecule has 1 radical (unpaired) electrons. The fraction of sp³-hybridized carbons (Fsp3) is 0.250. The average Bonchev–Trinajstić information content (AvgIpc) is 2.34. The zero-order chi connectivity index (χ0) is 6.53. The number of hydrogen-bond acceptors (Lipinski definition) is 0. The second kappa shape index (κ2) is 3.13. The first kappa shape index (κ1) is 6.14. The van der Waals surface area contributed by atoms with Gasteiger partial charge in [-0.3, -0.25) is 0 Å². The molecule has 0 saturated carbocycles. The fourth-order valence-corrected chi connectivity index (χ4v) is 0.698. The SMILES string of the molecule is C=CCCn1[c]ccc1. The quantitative estimate of drug-likeness (QED) is 0.536. The molecule has 1 aromatic heterocycles. The summed E-state index contributed by atoms with van der Waals surface area (Å²) < 4.78 is 2.02. The van der Waals surface area contributed by atoms with Gasteiger partial charge in [0.05, 0.1) is 6.20 Å². The highest BCUT2D eigenvalue weighted by Crippen LogP contribution is 1.91. The Kier molecular flexibility index (Phi) is 2.13. The van der Waals surface area contributed by atoms with Crippen LogP contribution in [-0.2, 0) is 6.54 Å². The van der Waals surface area contributed by atoms with E-state index in [4.69, 9.17) is 0 Å². The van der Waals surface area contributed by atoms with Crippen molar-refractivity contribution in [3.05, 3.63) is 37.2 Å². The van der Waals surface area contributed by atoms with E-state index in [9.17, 15) is 0 Å². The molecule has 0 aliphatic rings. The molecule has 1 heteroatoms. The molecular formula is C8H10N. The minimum Gasteiger partial charge on any atom is -0.346 e. The molecule has 47 valence electrons. The van der Waals surface area contributed by atoms with Crippen molar-refractivity contribution in [2.24, 2.45) is 0 Å². The Balaban J connectivity index is 2.38. The summed E-state index contributed by atoms with van der Waals surface area (Å²) >= 11 is 0. The van der Waals surface area contributed by atoms with Crippen LogP contribution in [0.4, 0.5) is 0 Å². The molecule has 1 nitrogen and oxygen atoms in total. The maximum absolute atomic E-state index is 3.63. The van der Waals surface area contributed by atoms with E-state index in [0.29, 0.717) is 0 Å². The first-order chi connectivity index (χ1) is 4.43. The standard InChI is InChI=1S/C8H10N/c1-2-3-6-9-7-4-5-8-9/h2,4-5,7H,1,3,6H2. The van der Waals surface area contributed by atoms with E-state index in [1.807, 2.05) is 29.0 Å². The zero-order valence-corrected chi connectivity index (χ0v) is 5.38. The molecule has 1 heterocycles. The van der Waals surface area contributed by atoms with Crippen LogP contribution in [0.1, 0.15) is 6.42 Å². The fourth-order valence-electron chi connectivity index (χ4n) is 0.698. The van der Waals surface area contributed by atoms with Gasteiger partial charge in [0, 0.05) is 12.7 Å². The topological polar surface area (TPSA) is 4.93 Å². The lowest BCUT2D eigenvalue weighted by Crippen LogP contribution is -1.91. The van der Waals surface area contributed by atoms with Crippen LogP contribution in [0.15, 0.2) is 31.0 Å². The van der Waals surface area contributed by atoms with Crippen LogP contribution in [0.5, 0.6) is 0 Å². The Morgan fingerprint density at radius 3 is 3.11 bits per heavy atom. The van der Waals surface area contributed by atoms with Crippen LogP contribution in [-0.4, -0.2) is 4.57 Å². The predicted octanol–water partition coefficient (Wildman–Crippen LogP) is 1.86. The van der Waals surface area contributed by atoms with E-state index in [0.717, 1.165) is 13.0 Å². The lowest BCUT2D eigenvalue weighted by atomic mass is 10.4. The van der Waals surface area contributed by atoms with Gasteiger partial charge >= 0.3 is 0 Å². The van der Waals surface area contributed by atoms with E-state index in [2.05, 4.69) is 12.8 Å². The Morgan fingerprint density at radius 2 is 2.56 bits per heavy atom. The second-order valence-electron chi connectivity index (χ2n) is 1.91. The molecule has 1 aromatic rings. The van der Waals surface area contributed by atoms with Gasteiger partial charge in [0.25, 0.3) is 0 Å². The molecule has 0 N–H and O–H groups in total. The van der Waals surface area contributed by atoms with E-state index < -0.39 is 0 Å². The number of nitrogens with zero attached hydrogens (tertiary/aromatic N) is 1. The molecule has 9 heavy (non-hydrogen) atoms. The van der Waals surface area contributed by atoms with Gasteiger partial charge in [-0.2, -0.15) is 0 Å². The molecule has 0 aromatic carbocycles. The van der Waals surface area contributed by atoms with Gasteiger partial charge in [0.1, 0.15) is 0 Å². The van der Waals surface area contributed by atoms with E-state index in [1.165, 1.54) is 0 Å². The summed E-state index contributed by atoms with van der Waals surface area (Å²) in [5, 5.41) is 0. The predicted molar refractivity (Wildman–Crippen MR) is 38.1 cm³/mol. The minimum atomic E-state index is 0.997. The van der Waals surface area contributed by atoms with Crippen molar-refractivity contribution in [3.63, 3.8) is 0 Å². The van der Waals surface area contributed by atoms with Crippen LogP contribution in [0, 0.1) is 6.20 Å². The summed E-state index contributed by atoms with van der Waals surface area (Å²) in [6, 6.07) is 3.88. The maximum atomic E-state index is 3.63. The monoisotopic (exact) mass is 120 g/mol. The van der Waals surface area contributed by atoms with Gasteiger partial charge in [-0.1, -0.05) is 6.08 Å². The van der Waals surface area contributed by atoms with E-state index >= 15 is 0 Å². The van der Waals surface area contributed by atoms with Gasteiger partial charge in [-0.25, -0.2) is 0 Å². The van der Waals surface area contributed by atoms with Crippen molar-refractivity contribution < 1.29 is 0 Å². The van der Waals surface area contributed by atoms with E-state index in [-0.39, 0.29) is 0 Å². The molecule has 0 bridgehead atoms. The van der Waals surface area contributed by atoms with E-state index in [1.54, 1.807) is 0 Å². The molecule has 1 rings (SSSR count). The normalized spacial score (nSPS) is 9.33. The van der Waals surface area contributed by atoms with Crippen molar-refractivity contribution >= 4 is 0 Å². The maximum Gasteiger partial charge on any atom is 0.0647 e. The third-order valence-electron chi connectivity index (χ3n) is 1.18. The number of hydrogen-bond donors (Lipinski definition) is 0. The van der Waals surface area contributed by atoms with Crippen molar-refractivity contribution in [3.8, 4) is 0 Å². The summed E-state index contributed by atoms with van der Waals surface area (Å²) in [6.07, 6.45) is 7.97. The molecule has 0 atom stereocenters. The summed E-state index contributed by atoms with van der Waals surface area (Å²) in [6.45, 7) is 4.63. The van der Waals surface area contributed by atoms with Crippen molar-refractivity contribution in [1.29, 1.82) is 0 Å². The molecule has 0 unspecified atom stereocenters. The highest BCUT2D eigenvalue weighted by molar-refractivity contribution is 4.88. The molecular weight excluding hydrogens is 110 g/mol. The largest absolute Gasteiger partial charge is 0.346 e. The lowest BCUT2D eigenvalue weighted by molar-refractivity contribution is 0.711. The molecule has 0 fully saturated rings. The highest BCUT2D eigenvalue weighted by atomic mass is 14.9. The highest BCUT2D eigenvalue weighted by Gasteiger charge is 1.83. The first-order valence-electron chi connectivity index (χ1n) is 3.07. The second-order valence-corrected chi connectivity index (χ2v) is 1.91. The first-order valence-corrected chi connectivity index (χ1v) is 3.07. The summed E-state index contributed by atoms with van der Waals surface area (Å²) in [5.74, 6) is 0. The lowest BCUT2D eigenvalue weighted by Gasteiger charge is -1.95. The summed E-state index contributed by atoms with van der Waals surface area (Å²) in [7, 11) is 0. The number of allylic oxidation sites excluding steroid dienone is 1. The number of aryl methyl sites for hydroxylation is 1. The van der Waals surface area contributed by atoms with Crippen molar-refractivity contribution in [2.75, 3.05) is 0 Å². The Labute approximate surface area is 55.6 Å². The third-order valence-corrected chi connectivity index (χ3v) is 1.18. The molecule has 0 aliphatic heterocycles. The number of aromatic nitrogens is 1. The van der Waals surface area contributed by atoms with Crippen LogP contribution < -0.4 is 0 Å². The summed E-state index contributed by atoms with van der Waals surface area (Å²) in [4.78, 5) is 0. The van der Waals surface area contributed by atoms with Gasteiger partial charge < -0.3 is 4.57 Å². The molecule has 0 amide bonds. The van der Waals surface area contributed by atoms with Gasteiger partial charge in [0.2, 0.25) is 0 Å². The molecule has 0 spiro atoms. The number of rotatable bonds is 3. The van der Waals surface area contributed by atoms with Gasteiger partial charge in [0.15, 0.2) is 0 Å². The van der Waals surface area contributed by atoms with Gasteiger partial charge in [-0.05, 0) is 18.6 Å². The van der Waals surface area contributed by atoms with Crippen molar-refractivity contribution in [1.82, 2.24) is 4.57 Å². The average molecular weight is 120 g/mol. The summed E-state index contributed by atoms with van der Waals surface area (Å²) in [5.41, 5.74) is 0. The molecule has 0 aliphatic carbocycles. The van der Waals surface area contributed by atoms with Crippen LogP contribution in [0.2, 0.25) is 0 Å². The van der Waals surface area contributed by atoms with Crippen LogP contribution in [0.25, 0.3) is 0 Å². The van der Waals surface area contributed by atoms with Gasteiger partial charge in [-0.15, -0.1) is 6.58 Å².